The first-order valence-electron chi connectivity index (χ1n) is 9.83. The average Bonchev–Trinajstić information content (AvgIpc) is 3.29. The molecule has 5 aromatic rings. The third-order valence-electron chi connectivity index (χ3n) is 5.25. The molecule has 0 spiro atoms. The number of nitrogens with zero attached hydrogens (tertiary/aromatic N) is 4. The van der Waals surface area contributed by atoms with Gasteiger partial charge < -0.3 is 9.55 Å². The molecule has 29 heavy (non-hydrogen) atoms. The summed E-state index contributed by atoms with van der Waals surface area (Å²) >= 11 is 0. The van der Waals surface area contributed by atoms with Gasteiger partial charge >= 0.3 is 0 Å². The first-order valence-corrected chi connectivity index (χ1v) is 9.83. The lowest BCUT2D eigenvalue weighted by molar-refractivity contribution is 0.408. The number of hydrogen-bond donors (Lipinski definition) is 1. The van der Waals surface area contributed by atoms with Crippen molar-refractivity contribution in [2.24, 2.45) is 0 Å². The number of nitrogens with one attached hydrogen (secondary N) is 1. The monoisotopic (exact) mass is 381 g/mol. The van der Waals surface area contributed by atoms with Gasteiger partial charge in [-0.1, -0.05) is 36.4 Å². The second kappa shape index (κ2) is 6.55. The minimum Gasteiger partial charge on any atom is -0.342 e. The molecule has 0 amide bonds. The summed E-state index contributed by atoms with van der Waals surface area (Å²) in [6.07, 6.45) is 6.49. The van der Waals surface area contributed by atoms with Crippen molar-refractivity contribution in [2.75, 3.05) is 0 Å². The Morgan fingerprint density at radius 1 is 1.03 bits per heavy atom. The highest BCUT2D eigenvalue weighted by molar-refractivity contribution is 5.95. The van der Waals surface area contributed by atoms with Gasteiger partial charge in [0, 0.05) is 35.3 Å². The second-order valence-corrected chi connectivity index (χ2v) is 8.42. The Morgan fingerprint density at radius 2 is 1.86 bits per heavy atom. The van der Waals surface area contributed by atoms with E-state index in [2.05, 4.69) is 89.0 Å². The lowest BCUT2D eigenvalue weighted by Crippen LogP contribution is -2.20. The van der Waals surface area contributed by atoms with Crippen LogP contribution in [0.1, 0.15) is 32.2 Å². The Balaban J connectivity index is 1.59. The summed E-state index contributed by atoms with van der Waals surface area (Å²) in [7, 11) is 0. The van der Waals surface area contributed by atoms with Crippen LogP contribution in [0.15, 0.2) is 67.3 Å². The molecule has 0 aliphatic heterocycles. The van der Waals surface area contributed by atoms with Gasteiger partial charge in [0.15, 0.2) is 0 Å². The van der Waals surface area contributed by atoms with Gasteiger partial charge in [0.2, 0.25) is 0 Å². The SMILES string of the molecule is CC(C)(C)n1cc(-c2ccc3nc(Cc4ccccc4)[nH]c3c2)c2cncnc21. The summed E-state index contributed by atoms with van der Waals surface area (Å²) < 4.78 is 2.22. The molecule has 144 valence electrons. The fourth-order valence-corrected chi connectivity index (χ4v) is 3.81. The number of benzene rings is 2. The largest absolute Gasteiger partial charge is 0.342 e. The Bertz CT molecular complexity index is 1310. The highest BCUT2D eigenvalue weighted by Crippen LogP contribution is 2.33. The summed E-state index contributed by atoms with van der Waals surface area (Å²) in [5.74, 6) is 0.976. The lowest BCUT2D eigenvalue weighted by atomic mass is 10.1. The maximum Gasteiger partial charge on any atom is 0.144 e. The van der Waals surface area contributed by atoms with Crippen molar-refractivity contribution in [3.63, 3.8) is 0 Å². The molecule has 5 heteroatoms. The summed E-state index contributed by atoms with van der Waals surface area (Å²) in [5.41, 5.74) is 6.43. The molecular formula is C24H23N5. The quantitative estimate of drug-likeness (QED) is 0.460. The van der Waals surface area contributed by atoms with Crippen LogP contribution in [-0.4, -0.2) is 24.5 Å². The number of H-pyrrole nitrogens is 1. The molecule has 0 atom stereocenters. The van der Waals surface area contributed by atoms with Gasteiger partial charge in [0.1, 0.15) is 17.8 Å². The second-order valence-electron chi connectivity index (χ2n) is 8.42. The van der Waals surface area contributed by atoms with Crippen LogP contribution in [-0.2, 0) is 12.0 Å². The molecule has 2 aromatic carbocycles. The Labute approximate surface area is 169 Å². The number of rotatable bonds is 3. The first-order chi connectivity index (χ1) is 14.0. The predicted molar refractivity (Wildman–Crippen MR) is 117 cm³/mol. The van der Waals surface area contributed by atoms with Crippen LogP contribution >= 0.6 is 0 Å². The predicted octanol–water partition coefficient (Wildman–Crippen LogP) is 5.32. The van der Waals surface area contributed by atoms with Gasteiger partial charge in [-0.05, 0) is 44.0 Å². The number of imidazole rings is 1. The number of hydrogen-bond acceptors (Lipinski definition) is 3. The topological polar surface area (TPSA) is 59.4 Å². The normalized spacial score (nSPS) is 12.1. The minimum atomic E-state index is -0.0637. The van der Waals surface area contributed by atoms with Crippen molar-refractivity contribution < 1.29 is 0 Å². The van der Waals surface area contributed by atoms with Crippen LogP contribution < -0.4 is 0 Å². The number of aromatic amines is 1. The maximum absolute atomic E-state index is 4.76. The van der Waals surface area contributed by atoms with Crippen molar-refractivity contribution in [3.8, 4) is 11.1 Å². The number of aromatic nitrogens is 5. The van der Waals surface area contributed by atoms with E-state index in [1.54, 1.807) is 6.33 Å². The molecule has 0 aliphatic rings. The summed E-state index contributed by atoms with van der Waals surface area (Å²) in [6, 6.07) is 16.8. The van der Waals surface area contributed by atoms with Crippen LogP contribution in [0.4, 0.5) is 0 Å². The fraction of sp³-hybridized carbons (Fsp3) is 0.208. The van der Waals surface area contributed by atoms with E-state index in [-0.39, 0.29) is 5.54 Å². The van der Waals surface area contributed by atoms with Crippen LogP contribution in [0, 0.1) is 0 Å². The number of fused-ring (bicyclic) bond motifs is 2. The van der Waals surface area contributed by atoms with Gasteiger partial charge in [-0.15, -0.1) is 0 Å². The standard InChI is InChI=1S/C24H23N5/c1-24(2,3)29-14-19(18-13-25-15-26-23(18)29)17-9-10-20-21(12-17)28-22(27-20)11-16-7-5-4-6-8-16/h4-10,12-15H,11H2,1-3H3,(H,27,28). The molecule has 5 nitrogen and oxygen atoms in total. The van der Waals surface area contributed by atoms with Gasteiger partial charge in [-0.3, -0.25) is 0 Å². The molecule has 3 heterocycles. The third-order valence-corrected chi connectivity index (χ3v) is 5.25. The van der Waals surface area contributed by atoms with Crippen molar-refractivity contribution in [2.45, 2.75) is 32.7 Å². The Morgan fingerprint density at radius 3 is 2.66 bits per heavy atom. The molecule has 5 rings (SSSR count). The van der Waals surface area contributed by atoms with Crippen molar-refractivity contribution in [1.29, 1.82) is 0 Å². The molecular weight excluding hydrogens is 358 g/mol. The van der Waals surface area contributed by atoms with Gasteiger partial charge in [0.25, 0.3) is 0 Å². The zero-order valence-corrected chi connectivity index (χ0v) is 16.8. The highest BCUT2D eigenvalue weighted by atomic mass is 15.1. The summed E-state index contributed by atoms with van der Waals surface area (Å²) in [4.78, 5) is 17.1. The van der Waals surface area contributed by atoms with E-state index in [1.165, 1.54) is 5.56 Å². The van der Waals surface area contributed by atoms with E-state index in [1.807, 2.05) is 12.3 Å². The summed E-state index contributed by atoms with van der Waals surface area (Å²) in [6.45, 7) is 6.56. The van der Waals surface area contributed by atoms with Crippen LogP contribution in [0.5, 0.6) is 0 Å². The van der Waals surface area contributed by atoms with Gasteiger partial charge in [-0.2, -0.15) is 0 Å². The molecule has 3 aromatic heterocycles. The van der Waals surface area contributed by atoms with Crippen LogP contribution in [0.3, 0.4) is 0 Å². The first kappa shape index (κ1) is 17.6. The van der Waals surface area contributed by atoms with E-state index in [0.29, 0.717) is 0 Å². The van der Waals surface area contributed by atoms with Crippen molar-refractivity contribution in [3.05, 3.63) is 78.6 Å². The molecule has 0 saturated heterocycles. The zero-order chi connectivity index (χ0) is 20.0. The Hall–Kier alpha value is -3.47. The third kappa shape index (κ3) is 3.18. The van der Waals surface area contributed by atoms with Gasteiger partial charge in [-0.25, -0.2) is 15.0 Å². The maximum atomic E-state index is 4.76. The molecule has 1 N–H and O–H groups in total. The molecule has 0 unspecified atom stereocenters. The van der Waals surface area contributed by atoms with Crippen LogP contribution in [0.25, 0.3) is 33.2 Å². The van der Waals surface area contributed by atoms with E-state index < -0.39 is 0 Å². The lowest BCUT2D eigenvalue weighted by Gasteiger charge is -2.21. The van der Waals surface area contributed by atoms with Crippen molar-refractivity contribution >= 4 is 22.1 Å². The highest BCUT2D eigenvalue weighted by Gasteiger charge is 2.20. The van der Waals surface area contributed by atoms with Crippen molar-refractivity contribution in [1.82, 2.24) is 24.5 Å². The molecule has 0 saturated carbocycles. The van der Waals surface area contributed by atoms with E-state index in [0.717, 1.165) is 45.4 Å². The summed E-state index contributed by atoms with van der Waals surface area (Å²) in [5, 5.41) is 1.06. The van der Waals surface area contributed by atoms with Gasteiger partial charge in [0.05, 0.1) is 11.0 Å². The molecule has 0 aliphatic carbocycles. The smallest absolute Gasteiger partial charge is 0.144 e. The fourth-order valence-electron chi connectivity index (χ4n) is 3.81. The molecule has 0 radical (unpaired) electrons. The zero-order valence-electron chi connectivity index (χ0n) is 16.8. The van der Waals surface area contributed by atoms with Crippen LogP contribution in [0.2, 0.25) is 0 Å². The Kier molecular flexibility index (Phi) is 3.98. The average molecular weight is 381 g/mol. The van der Waals surface area contributed by atoms with E-state index in [4.69, 9.17) is 4.98 Å². The minimum absolute atomic E-state index is 0.0637. The van der Waals surface area contributed by atoms with E-state index in [9.17, 15) is 0 Å². The van der Waals surface area contributed by atoms with E-state index >= 15 is 0 Å². The molecule has 0 bridgehead atoms. The molecule has 0 fully saturated rings.